The molecular formula is C21H23NO4. The lowest BCUT2D eigenvalue weighted by Crippen LogP contribution is -2.30. The lowest BCUT2D eigenvalue weighted by atomic mass is 9.97. The predicted molar refractivity (Wildman–Crippen MR) is 98.5 cm³/mol. The summed E-state index contributed by atoms with van der Waals surface area (Å²) in [5, 5.41) is 11.9. The SMILES string of the molecule is COCCOc1cccc(-c2ccc3c(c2)CC2(CC2)C3NC(=O)O)c1. The van der Waals surface area contributed by atoms with Gasteiger partial charge in [-0.25, -0.2) is 4.79 Å². The van der Waals surface area contributed by atoms with Crippen LogP contribution < -0.4 is 10.1 Å². The van der Waals surface area contributed by atoms with Crippen molar-refractivity contribution < 1.29 is 19.4 Å². The van der Waals surface area contributed by atoms with E-state index in [1.807, 2.05) is 18.2 Å². The third-order valence-electron chi connectivity index (χ3n) is 5.49. The first-order valence-corrected chi connectivity index (χ1v) is 8.96. The van der Waals surface area contributed by atoms with Gasteiger partial charge in [0.25, 0.3) is 0 Å². The average Bonchev–Trinajstić information content (AvgIpc) is 3.34. The van der Waals surface area contributed by atoms with Crippen LogP contribution in [0, 0.1) is 5.41 Å². The third-order valence-corrected chi connectivity index (χ3v) is 5.49. The summed E-state index contributed by atoms with van der Waals surface area (Å²) in [7, 11) is 1.66. The van der Waals surface area contributed by atoms with Gasteiger partial charge in [-0.15, -0.1) is 0 Å². The van der Waals surface area contributed by atoms with Crippen molar-refractivity contribution >= 4 is 6.09 Å². The Kier molecular flexibility index (Phi) is 4.32. The minimum Gasteiger partial charge on any atom is -0.491 e. The standard InChI is InChI=1S/C21H23NO4/c1-25-9-10-26-17-4-2-3-14(12-17)15-5-6-18-16(11-15)13-21(7-8-21)19(18)22-20(23)24/h2-6,11-12,19,22H,7-10,13H2,1H3,(H,23,24). The molecule has 0 saturated heterocycles. The Morgan fingerprint density at radius 2 is 2.00 bits per heavy atom. The van der Waals surface area contributed by atoms with Crippen molar-refractivity contribution in [3.63, 3.8) is 0 Å². The van der Waals surface area contributed by atoms with Crippen molar-refractivity contribution in [2.45, 2.75) is 25.3 Å². The van der Waals surface area contributed by atoms with E-state index in [-0.39, 0.29) is 11.5 Å². The van der Waals surface area contributed by atoms with Gasteiger partial charge in [0.15, 0.2) is 0 Å². The molecule has 1 fully saturated rings. The van der Waals surface area contributed by atoms with Crippen LogP contribution in [0.5, 0.6) is 5.75 Å². The Morgan fingerprint density at radius 1 is 1.19 bits per heavy atom. The highest BCUT2D eigenvalue weighted by Gasteiger charge is 2.55. The zero-order valence-corrected chi connectivity index (χ0v) is 14.8. The Hall–Kier alpha value is -2.53. The first kappa shape index (κ1) is 16.9. The van der Waals surface area contributed by atoms with Crippen molar-refractivity contribution in [2.75, 3.05) is 20.3 Å². The molecule has 2 N–H and O–H groups in total. The van der Waals surface area contributed by atoms with Crippen molar-refractivity contribution in [2.24, 2.45) is 5.41 Å². The van der Waals surface area contributed by atoms with Crippen molar-refractivity contribution in [3.8, 4) is 16.9 Å². The van der Waals surface area contributed by atoms with E-state index in [0.29, 0.717) is 13.2 Å². The second-order valence-electron chi connectivity index (χ2n) is 7.20. The molecule has 1 unspecified atom stereocenters. The molecule has 2 aliphatic rings. The maximum absolute atomic E-state index is 11.2. The quantitative estimate of drug-likeness (QED) is 0.770. The molecular weight excluding hydrogens is 330 g/mol. The van der Waals surface area contributed by atoms with Crippen molar-refractivity contribution in [1.29, 1.82) is 0 Å². The molecule has 2 aromatic carbocycles. The van der Waals surface area contributed by atoms with Crippen molar-refractivity contribution in [3.05, 3.63) is 53.6 Å². The van der Waals surface area contributed by atoms with E-state index in [9.17, 15) is 9.90 Å². The van der Waals surface area contributed by atoms with Crippen LogP contribution in [0.25, 0.3) is 11.1 Å². The van der Waals surface area contributed by atoms with Gasteiger partial charge in [-0.05, 0) is 59.1 Å². The maximum atomic E-state index is 11.2. The first-order chi connectivity index (χ1) is 12.6. The van der Waals surface area contributed by atoms with Crippen LogP contribution in [-0.2, 0) is 11.2 Å². The van der Waals surface area contributed by atoms with Crippen molar-refractivity contribution in [1.82, 2.24) is 5.32 Å². The summed E-state index contributed by atoms with van der Waals surface area (Å²) in [5.41, 5.74) is 4.71. The highest BCUT2D eigenvalue weighted by atomic mass is 16.5. The molecule has 0 aliphatic heterocycles. The van der Waals surface area contributed by atoms with Crippen LogP contribution in [0.4, 0.5) is 4.79 Å². The van der Waals surface area contributed by atoms with E-state index in [2.05, 4.69) is 29.6 Å². The number of ether oxygens (including phenoxy) is 2. The molecule has 1 atom stereocenters. The molecule has 0 bridgehead atoms. The Labute approximate surface area is 152 Å². The molecule has 0 aromatic heterocycles. The molecule has 136 valence electrons. The summed E-state index contributed by atoms with van der Waals surface area (Å²) < 4.78 is 10.7. The molecule has 1 saturated carbocycles. The largest absolute Gasteiger partial charge is 0.491 e. The van der Waals surface area contributed by atoms with Gasteiger partial charge in [0.05, 0.1) is 12.6 Å². The number of hydrogen-bond donors (Lipinski definition) is 2. The smallest absolute Gasteiger partial charge is 0.405 e. The molecule has 4 rings (SSSR count). The third kappa shape index (κ3) is 3.15. The maximum Gasteiger partial charge on any atom is 0.405 e. The number of rotatable bonds is 6. The Balaban J connectivity index is 1.59. The fraction of sp³-hybridized carbons (Fsp3) is 0.381. The van der Waals surface area contributed by atoms with E-state index >= 15 is 0 Å². The molecule has 1 spiro atoms. The van der Waals surface area contributed by atoms with Crippen LogP contribution in [-0.4, -0.2) is 31.5 Å². The van der Waals surface area contributed by atoms with Gasteiger partial charge in [-0.1, -0.05) is 30.3 Å². The van der Waals surface area contributed by atoms with E-state index in [0.717, 1.165) is 41.7 Å². The molecule has 0 radical (unpaired) electrons. The lowest BCUT2D eigenvalue weighted by molar-refractivity contribution is 0.146. The monoisotopic (exact) mass is 353 g/mol. The van der Waals surface area contributed by atoms with E-state index in [4.69, 9.17) is 9.47 Å². The van der Waals surface area contributed by atoms with Gasteiger partial charge in [0.2, 0.25) is 0 Å². The predicted octanol–water partition coefficient (Wildman–Crippen LogP) is 4.02. The number of amides is 1. The zero-order chi connectivity index (χ0) is 18.1. The molecule has 0 heterocycles. The van der Waals surface area contributed by atoms with Gasteiger partial charge >= 0.3 is 6.09 Å². The second kappa shape index (κ2) is 6.65. The number of methoxy groups -OCH3 is 1. The highest BCUT2D eigenvalue weighted by Crippen LogP contribution is 2.62. The van der Waals surface area contributed by atoms with Crippen LogP contribution in [0.2, 0.25) is 0 Å². The summed E-state index contributed by atoms with van der Waals surface area (Å²) in [4.78, 5) is 11.2. The number of carboxylic acid groups (broad SMARTS) is 1. The number of benzene rings is 2. The van der Waals surface area contributed by atoms with Crippen LogP contribution in [0.1, 0.15) is 30.0 Å². The number of fused-ring (bicyclic) bond motifs is 1. The first-order valence-electron chi connectivity index (χ1n) is 8.96. The Morgan fingerprint density at radius 3 is 2.73 bits per heavy atom. The van der Waals surface area contributed by atoms with Gasteiger partial charge < -0.3 is 19.9 Å². The van der Waals surface area contributed by atoms with Crippen LogP contribution >= 0.6 is 0 Å². The highest BCUT2D eigenvalue weighted by molar-refractivity contribution is 5.69. The average molecular weight is 353 g/mol. The number of carbonyl (C=O) groups is 1. The van der Waals surface area contributed by atoms with Gasteiger partial charge in [0.1, 0.15) is 12.4 Å². The van der Waals surface area contributed by atoms with E-state index < -0.39 is 6.09 Å². The Bertz CT molecular complexity index is 829. The van der Waals surface area contributed by atoms with E-state index in [1.165, 1.54) is 5.56 Å². The fourth-order valence-electron chi connectivity index (χ4n) is 4.02. The number of nitrogens with one attached hydrogen (secondary N) is 1. The topological polar surface area (TPSA) is 67.8 Å². The summed E-state index contributed by atoms with van der Waals surface area (Å²) in [5.74, 6) is 0.823. The number of hydrogen-bond acceptors (Lipinski definition) is 3. The summed E-state index contributed by atoms with van der Waals surface area (Å²) in [6, 6.07) is 14.3. The van der Waals surface area contributed by atoms with Crippen LogP contribution in [0.3, 0.4) is 0 Å². The molecule has 5 heteroatoms. The molecule has 2 aliphatic carbocycles. The summed E-state index contributed by atoms with van der Waals surface area (Å²) in [6.45, 7) is 1.08. The van der Waals surface area contributed by atoms with Crippen LogP contribution in [0.15, 0.2) is 42.5 Å². The molecule has 26 heavy (non-hydrogen) atoms. The van der Waals surface area contributed by atoms with Gasteiger partial charge in [0, 0.05) is 7.11 Å². The lowest BCUT2D eigenvalue weighted by Gasteiger charge is -2.19. The van der Waals surface area contributed by atoms with Gasteiger partial charge in [-0.2, -0.15) is 0 Å². The van der Waals surface area contributed by atoms with E-state index in [1.54, 1.807) is 7.11 Å². The fourth-order valence-corrected chi connectivity index (χ4v) is 4.02. The second-order valence-corrected chi connectivity index (χ2v) is 7.20. The minimum absolute atomic E-state index is 0.0761. The molecule has 1 amide bonds. The van der Waals surface area contributed by atoms with Gasteiger partial charge in [-0.3, -0.25) is 0 Å². The normalized spacial score (nSPS) is 19.2. The zero-order valence-electron chi connectivity index (χ0n) is 14.8. The molecule has 5 nitrogen and oxygen atoms in total. The summed E-state index contributed by atoms with van der Waals surface area (Å²) in [6.07, 6.45) is 2.18. The summed E-state index contributed by atoms with van der Waals surface area (Å²) >= 11 is 0. The molecule has 2 aromatic rings. The minimum atomic E-state index is -0.945.